The van der Waals surface area contributed by atoms with Crippen LogP contribution in [0.15, 0.2) is 24.3 Å². The standard InChI is InChI=1S/C14H22N2O3S/c1-19-14-7-6-13(8-14)16-20(17,18)10-12-4-2-11(9-15)3-5-12/h2-5,13-14,16H,6-10,15H2,1H3. The van der Waals surface area contributed by atoms with E-state index < -0.39 is 10.0 Å². The van der Waals surface area contributed by atoms with Gasteiger partial charge in [0, 0.05) is 19.7 Å². The molecular weight excluding hydrogens is 276 g/mol. The Morgan fingerprint density at radius 1 is 1.25 bits per heavy atom. The van der Waals surface area contributed by atoms with Crippen molar-refractivity contribution in [1.82, 2.24) is 4.72 Å². The van der Waals surface area contributed by atoms with Gasteiger partial charge in [-0.3, -0.25) is 0 Å². The second-order valence-electron chi connectivity index (χ2n) is 5.27. The van der Waals surface area contributed by atoms with Gasteiger partial charge in [0.05, 0.1) is 11.9 Å². The van der Waals surface area contributed by atoms with Crippen molar-refractivity contribution in [2.75, 3.05) is 7.11 Å². The molecule has 2 unspecified atom stereocenters. The van der Waals surface area contributed by atoms with Gasteiger partial charge in [0.1, 0.15) is 0 Å². The van der Waals surface area contributed by atoms with Crippen molar-refractivity contribution in [2.45, 2.75) is 43.7 Å². The van der Waals surface area contributed by atoms with Gasteiger partial charge < -0.3 is 10.5 Å². The molecule has 0 amide bonds. The highest BCUT2D eigenvalue weighted by atomic mass is 32.2. The van der Waals surface area contributed by atoms with Crippen molar-refractivity contribution in [3.05, 3.63) is 35.4 Å². The highest BCUT2D eigenvalue weighted by molar-refractivity contribution is 7.88. The molecule has 1 saturated carbocycles. The fourth-order valence-corrected chi connectivity index (χ4v) is 3.98. The third-order valence-corrected chi connectivity index (χ3v) is 5.09. The van der Waals surface area contributed by atoms with E-state index in [-0.39, 0.29) is 17.9 Å². The monoisotopic (exact) mass is 298 g/mol. The lowest BCUT2D eigenvalue weighted by Crippen LogP contribution is -2.34. The predicted octanol–water partition coefficient (Wildman–Crippen LogP) is 1.13. The van der Waals surface area contributed by atoms with Crippen molar-refractivity contribution in [2.24, 2.45) is 5.73 Å². The Bertz CT molecular complexity index is 528. The van der Waals surface area contributed by atoms with E-state index in [0.29, 0.717) is 6.54 Å². The van der Waals surface area contributed by atoms with E-state index in [9.17, 15) is 8.42 Å². The van der Waals surface area contributed by atoms with Crippen LogP contribution in [0.2, 0.25) is 0 Å². The Balaban J connectivity index is 1.93. The summed E-state index contributed by atoms with van der Waals surface area (Å²) in [4.78, 5) is 0. The van der Waals surface area contributed by atoms with Crippen LogP contribution in [-0.2, 0) is 27.1 Å². The first-order chi connectivity index (χ1) is 9.52. The molecule has 0 saturated heterocycles. The summed E-state index contributed by atoms with van der Waals surface area (Å²) >= 11 is 0. The first-order valence-corrected chi connectivity index (χ1v) is 8.48. The van der Waals surface area contributed by atoms with Gasteiger partial charge in [-0.2, -0.15) is 0 Å². The molecular formula is C14H22N2O3S. The Morgan fingerprint density at radius 2 is 1.90 bits per heavy atom. The SMILES string of the molecule is COC1CCC(NS(=O)(=O)Cc2ccc(CN)cc2)C1. The van der Waals surface area contributed by atoms with Crippen LogP contribution in [0.5, 0.6) is 0 Å². The minimum Gasteiger partial charge on any atom is -0.381 e. The molecule has 0 aliphatic heterocycles. The fourth-order valence-electron chi connectivity index (χ4n) is 2.55. The van der Waals surface area contributed by atoms with Crippen LogP contribution < -0.4 is 10.5 Å². The number of methoxy groups -OCH3 is 1. The summed E-state index contributed by atoms with van der Waals surface area (Å²) in [5.74, 6) is 0.00595. The molecule has 2 atom stereocenters. The maximum absolute atomic E-state index is 12.1. The van der Waals surface area contributed by atoms with Crippen LogP contribution in [-0.4, -0.2) is 27.7 Å². The largest absolute Gasteiger partial charge is 0.381 e. The molecule has 5 nitrogen and oxygen atoms in total. The lowest BCUT2D eigenvalue weighted by Gasteiger charge is -2.13. The summed E-state index contributed by atoms with van der Waals surface area (Å²) in [6, 6.07) is 7.35. The predicted molar refractivity (Wildman–Crippen MR) is 78.5 cm³/mol. The smallest absolute Gasteiger partial charge is 0.216 e. The van der Waals surface area contributed by atoms with E-state index in [1.165, 1.54) is 0 Å². The quantitative estimate of drug-likeness (QED) is 0.825. The maximum atomic E-state index is 12.1. The van der Waals surface area contributed by atoms with Gasteiger partial charge in [0.15, 0.2) is 0 Å². The van der Waals surface area contributed by atoms with E-state index in [1.807, 2.05) is 24.3 Å². The average molecular weight is 298 g/mol. The number of nitrogens with two attached hydrogens (primary N) is 1. The Kier molecular flexibility index (Phi) is 5.15. The topological polar surface area (TPSA) is 81.4 Å². The van der Waals surface area contributed by atoms with Crippen LogP contribution in [0.25, 0.3) is 0 Å². The van der Waals surface area contributed by atoms with Crippen molar-refractivity contribution >= 4 is 10.0 Å². The third kappa shape index (κ3) is 4.28. The lowest BCUT2D eigenvalue weighted by molar-refractivity contribution is 0.107. The van der Waals surface area contributed by atoms with Crippen molar-refractivity contribution in [3.63, 3.8) is 0 Å². The van der Waals surface area contributed by atoms with Gasteiger partial charge in [-0.1, -0.05) is 24.3 Å². The number of nitrogens with one attached hydrogen (secondary N) is 1. The molecule has 1 aromatic carbocycles. The number of sulfonamides is 1. The molecule has 0 radical (unpaired) electrons. The van der Waals surface area contributed by atoms with Crippen LogP contribution in [0.1, 0.15) is 30.4 Å². The van der Waals surface area contributed by atoms with Crippen LogP contribution >= 0.6 is 0 Å². The number of rotatable bonds is 6. The summed E-state index contributed by atoms with van der Waals surface area (Å²) in [6.07, 6.45) is 2.67. The lowest BCUT2D eigenvalue weighted by atomic mass is 10.1. The summed E-state index contributed by atoms with van der Waals surface area (Å²) in [5, 5.41) is 0. The van der Waals surface area contributed by atoms with Gasteiger partial charge in [0.25, 0.3) is 0 Å². The molecule has 0 bridgehead atoms. The average Bonchev–Trinajstić information content (AvgIpc) is 2.86. The van der Waals surface area contributed by atoms with E-state index in [4.69, 9.17) is 10.5 Å². The van der Waals surface area contributed by atoms with Gasteiger partial charge >= 0.3 is 0 Å². The molecule has 6 heteroatoms. The molecule has 2 rings (SSSR count). The zero-order valence-electron chi connectivity index (χ0n) is 11.7. The first kappa shape index (κ1) is 15.4. The van der Waals surface area contributed by atoms with E-state index in [1.54, 1.807) is 7.11 Å². The maximum Gasteiger partial charge on any atom is 0.216 e. The molecule has 1 aliphatic carbocycles. The zero-order valence-corrected chi connectivity index (χ0v) is 12.5. The van der Waals surface area contributed by atoms with Gasteiger partial charge in [-0.15, -0.1) is 0 Å². The highest BCUT2D eigenvalue weighted by Crippen LogP contribution is 2.22. The summed E-state index contributed by atoms with van der Waals surface area (Å²) in [7, 11) is -1.64. The Hall–Kier alpha value is -0.950. The summed E-state index contributed by atoms with van der Waals surface area (Å²) in [6.45, 7) is 0.464. The molecule has 0 aromatic heterocycles. The summed E-state index contributed by atoms with van der Waals surface area (Å²) < 4.78 is 32.3. The Morgan fingerprint density at radius 3 is 2.45 bits per heavy atom. The molecule has 1 aromatic rings. The molecule has 0 spiro atoms. The molecule has 112 valence electrons. The minimum absolute atomic E-state index is 0.00595. The van der Waals surface area contributed by atoms with Crippen molar-refractivity contribution in [3.8, 4) is 0 Å². The highest BCUT2D eigenvalue weighted by Gasteiger charge is 2.27. The van der Waals surface area contributed by atoms with Crippen LogP contribution in [0, 0.1) is 0 Å². The van der Waals surface area contributed by atoms with Gasteiger partial charge in [0.2, 0.25) is 10.0 Å². The van der Waals surface area contributed by atoms with Crippen LogP contribution in [0.3, 0.4) is 0 Å². The molecule has 0 heterocycles. The molecule has 1 aliphatic rings. The van der Waals surface area contributed by atoms with Crippen molar-refractivity contribution < 1.29 is 13.2 Å². The van der Waals surface area contributed by atoms with E-state index in [0.717, 1.165) is 30.4 Å². The molecule has 1 fully saturated rings. The van der Waals surface area contributed by atoms with Crippen molar-refractivity contribution in [1.29, 1.82) is 0 Å². The zero-order chi connectivity index (χ0) is 14.6. The van der Waals surface area contributed by atoms with Gasteiger partial charge in [-0.25, -0.2) is 13.1 Å². The Labute approximate surface area is 120 Å². The minimum atomic E-state index is -3.31. The van der Waals surface area contributed by atoms with E-state index >= 15 is 0 Å². The summed E-state index contributed by atoms with van der Waals surface area (Å²) in [5.41, 5.74) is 7.29. The molecule has 20 heavy (non-hydrogen) atoms. The number of hydrogen-bond donors (Lipinski definition) is 2. The van der Waals surface area contributed by atoms with Crippen LogP contribution in [0.4, 0.5) is 0 Å². The second kappa shape index (κ2) is 6.67. The number of benzene rings is 1. The van der Waals surface area contributed by atoms with E-state index in [2.05, 4.69) is 4.72 Å². The second-order valence-corrected chi connectivity index (χ2v) is 7.02. The fraction of sp³-hybridized carbons (Fsp3) is 0.571. The van der Waals surface area contributed by atoms with Gasteiger partial charge in [-0.05, 0) is 30.4 Å². The number of hydrogen-bond acceptors (Lipinski definition) is 4. The molecule has 3 N–H and O–H groups in total. The normalized spacial score (nSPS) is 23.1. The number of ether oxygens (including phenoxy) is 1. The third-order valence-electron chi connectivity index (χ3n) is 3.68. The first-order valence-electron chi connectivity index (χ1n) is 6.83.